The van der Waals surface area contributed by atoms with Gasteiger partial charge in [0, 0.05) is 13.1 Å². The Kier molecular flexibility index (Phi) is 3.74. The summed E-state index contributed by atoms with van der Waals surface area (Å²) < 4.78 is 5.34. The first-order valence-corrected chi connectivity index (χ1v) is 6.87. The molecule has 0 spiro atoms. The van der Waals surface area contributed by atoms with Crippen molar-refractivity contribution in [2.75, 3.05) is 50.0 Å². The Morgan fingerprint density at radius 1 is 1.00 bits per heavy atom. The molecule has 2 aliphatic heterocycles. The van der Waals surface area contributed by atoms with Crippen molar-refractivity contribution in [1.29, 1.82) is 0 Å². The number of hydrogen-bond acceptors (Lipinski definition) is 7. The van der Waals surface area contributed by atoms with Gasteiger partial charge in [0.25, 0.3) is 0 Å². The minimum atomic E-state index is 0.311. The predicted molar refractivity (Wildman–Crippen MR) is 71.8 cm³/mol. The van der Waals surface area contributed by atoms with Crippen molar-refractivity contribution in [1.82, 2.24) is 19.9 Å². The highest BCUT2D eigenvalue weighted by atomic mass is 16.5. The number of likely N-dealkylation sites (tertiary alicyclic amines) is 1. The highest BCUT2D eigenvalue weighted by Crippen LogP contribution is 2.14. The van der Waals surface area contributed by atoms with Crippen LogP contribution in [0.5, 0.6) is 0 Å². The van der Waals surface area contributed by atoms with Crippen molar-refractivity contribution in [2.24, 2.45) is 0 Å². The fourth-order valence-corrected chi connectivity index (χ4v) is 2.54. The zero-order valence-corrected chi connectivity index (χ0v) is 11.1. The van der Waals surface area contributed by atoms with Crippen LogP contribution in [-0.2, 0) is 11.3 Å². The molecule has 0 aliphatic carbocycles. The monoisotopic (exact) mass is 264 g/mol. The number of nitrogen functional groups attached to an aromatic ring is 1. The minimum Gasteiger partial charge on any atom is -0.378 e. The van der Waals surface area contributed by atoms with E-state index in [-0.39, 0.29) is 0 Å². The molecule has 2 fully saturated rings. The SMILES string of the molecule is Nc1nc(CN2CCCC2)nc(N2CCOCC2)n1. The van der Waals surface area contributed by atoms with Crippen LogP contribution in [0.25, 0.3) is 0 Å². The number of ether oxygens (including phenoxy) is 1. The number of anilines is 2. The van der Waals surface area contributed by atoms with Crippen molar-refractivity contribution >= 4 is 11.9 Å². The number of aromatic nitrogens is 3. The van der Waals surface area contributed by atoms with E-state index in [0.29, 0.717) is 25.1 Å². The maximum absolute atomic E-state index is 5.80. The Labute approximate surface area is 112 Å². The number of hydrogen-bond donors (Lipinski definition) is 1. The average Bonchev–Trinajstić information content (AvgIpc) is 2.92. The molecule has 0 aromatic carbocycles. The van der Waals surface area contributed by atoms with Crippen molar-refractivity contribution < 1.29 is 4.74 Å². The lowest BCUT2D eigenvalue weighted by Crippen LogP contribution is -2.38. The van der Waals surface area contributed by atoms with E-state index in [1.807, 2.05) is 0 Å². The third-order valence-electron chi connectivity index (χ3n) is 3.54. The van der Waals surface area contributed by atoms with Crippen LogP contribution in [0.15, 0.2) is 0 Å². The fourth-order valence-electron chi connectivity index (χ4n) is 2.54. The number of rotatable bonds is 3. The molecule has 2 saturated heterocycles. The molecule has 0 unspecified atom stereocenters. The number of nitrogens with two attached hydrogens (primary N) is 1. The molecule has 0 amide bonds. The molecule has 3 rings (SSSR count). The molecule has 3 heterocycles. The number of morpholine rings is 1. The lowest BCUT2D eigenvalue weighted by atomic mass is 10.4. The topological polar surface area (TPSA) is 80.4 Å². The summed E-state index contributed by atoms with van der Waals surface area (Å²) >= 11 is 0. The third-order valence-corrected chi connectivity index (χ3v) is 3.54. The Hall–Kier alpha value is -1.47. The van der Waals surface area contributed by atoms with Gasteiger partial charge in [0.15, 0.2) is 0 Å². The molecule has 1 aromatic rings. The lowest BCUT2D eigenvalue weighted by molar-refractivity contribution is 0.122. The molecule has 0 radical (unpaired) electrons. The Balaban J connectivity index is 1.74. The van der Waals surface area contributed by atoms with E-state index in [1.54, 1.807) is 0 Å². The van der Waals surface area contributed by atoms with Gasteiger partial charge in [-0.2, -0.15) is 15.0 Å². The van der Waals surface area contributed by atoms with Crippen LogP contribution in [-0.4, -0.2) is 59.2 Å². The van der Waals surface area contributed by atoms with Gasteiger partial charge in [0.2, 0.25) is 11.9 Å². The molecule has 0 saturated carbocycles. The van der Waals surface area contributed by atoms with Crippen LogP contribution in [0.2, 0.25) is 0 Å². The van der Waals surface area contributed by atoms with Crippen LogP contribution in [0.1, 0.15) is 18.7 Å². The third kappa shape index (κ3) is 3.10. The summed E-state index contributed by atoms with van der Waals surface area (Å²) in [5.74, 6) is 1.77. The van der Waals surface area contributed by atoms with Gasteiger partial charge in [-0.1, -0.05) is 0 Å². The van der Waals surface area contributed by atoms with E-state index in [0.717, 1.165) is 38.5 Å². The van der Waals surface area contributed by atoms with Crippen LogP contribution < -0.4 is 10.6 Å². The molecule has 2 aliphatic rings. The van der Waals surface area contributed by atoms with Gasteiger partial charge in [-0.15, -0.1) is 0 Å². The van der Waals surface area contributed by atoms with Crippen molar-refractivity contribution in [3.63, 3.8) is 0 Å². The summed E-state index contributed by atoms with van der Waals surface area (Å²) in [6, 6.07) is 0. The molecular formula is C12H20N6O. The first kappa shape index (κ1) is 12.6. The van der Waals surface area contributed by atoms with E-state index < -0.39 is 0 Å². The molecule has 1 aromatic heterocycles. The normalized spacial score (nSPS) is 20.9. The molecule has 7 nitrogen and oxygen atoms in total. The highest BCUT2D eigenvalue weighted by Gasteiger charge is 2.18. The van der Waals surface area contributed by atoms with Crippen LogP contribution >= 0.6 is 0 Å². The first-order valence-electron chi connectivity index (χ1n) is 6.87. The largest absolute Gasteiger partial charge is 0.378 e. The quantitative estimate of drug-likeness (QED) is 0.815. The van der Waals surface area contributed by atoms with E-state index in [1.165, 1.54) is 12.8 Å². The fraction of sp³-hybridized carbons (Fsp3) is 0.750. The van der Waals surface area contributed by atoms with Gasteiger partial charge in [0.05, 0.1) is 19.8 Å². The Morgan fingerprint density at radius 2 is 1.74 bits per heavy atom. The molecule has 7 heteroatoms. The van der Waals surface area contributed by atoms with E-state index in [4.69, 9.17) is 10.5 Å². The molecule has 104 valence electrons. The smallest absolute Gasteiger partial charge is 0.230 e. The van der Waals surface area contributed by atoms with Gasteiger partial charge in [-0.25, -0.2) is 0 Å². The minimum absolute atomic E-state index is 0.311. The second-order valence-electron chi connectivity index (χ2n) is 4.99. The summed E-state index contributed by atoms with van der Waals surface area (Å²) in [6.07, 6.45) is 2.52. The maximum atomic E-state index is 5.80. The second-order valence-corrected chi connectivity index (χ2v) is 4.99. The standard InChI is InChI=1S/C12H20N6O/c13-11-14-10(9-17-3-1-2-4-17)15-12(16-11)18-5-7-19-8-6-18/h1-9H2,(H2,13,14,15,16). The Morgan fingerprint density at radius 3 is 2.47 bits per heavy atom. The maximum Gasteiger partial charge on any atom is 0.230 e. The van der Waals surface area contributed by atoms with Crippen molar-refractivity contribution in [2.45, 2.75) is 19.4 Å². The van der Waals surface area contributed by atoms with E-state index in [9.17, 15) is 0 Å². The van der Waals surface area contributed by atoms with Gasteiger partial charge >= 0.3 is 0 Å². The van der Waals surface area contributed by atoms with Crippen LogP contribution in [0.3, 0.4) is 0 Å². The molecule has 2 N–H and O–H groups in total. The van der Waals surface area contributed by atoms with Crippen molar-refractivity contribution in [3.05, 3.63) is 5.82 Å². The summed E-state index contributed by atoms with van der Waals surface area (Å²) in [4.78, 5) is 17.5. The second kappa shape index (κ2) is 5.66. The van der Waals surface area contributed by atoms with Gasteiger partial charge < -0.3 is 15.4 Å². The summed E-state index contributed by atoms with van der Waals surface area (Å²) in [5, 5.41) is 0. The first-order chi connectivity index (χ1) is 9.31. The zero-order chi connectivity index (χ0) is 13.1. The van der Waals surface area contributed by atoms with Gasteiger partial charge in [-0.3, -0.25) is 4.90 Å². The predicted octanol–water partition coefficient (Wildman–Crippen LogP) is -0.114. The molecule has 19 heavy (non-hydrogen) atoms. The molecule has 0 atom stereocenters. The lowest BCUT2D eigenvalue weighted by Gasteiger charge is -2.27. The van der Waals surface area contributed by atoms with E-state index in [2.05, 4.69) is 24.8 Å². The van der Waals surface area contributed by atoms with E-state index >= 15 is 0 Å². The summed E-state index contributed by atoms with van der Waals surface area (Å²) in [5.41, 5.74) is 5.80. The van der Waals surface area contributed by atoms with Crippen LogP contribution in [0.4, 0.5) is 11.9 Å². The van der Waals surface area contributed by atoms with Crippen molar-refractivity contribution in [3.8, 4) is 0 Å². The summed E-state index contributed by atoms with van der Waals surface area (Å²) in [7, 11) is 0. The highest BCUT2D eigenvalue weighted by molar-refractivity contribution is 5.35. The molecular weight excluding hydrogens is 244 g/mol. The molecule has 0 bridgehead atoms. The summed E-state index contributed by atoms with van der Waals surface area (Å²) in [6.45, 7) is 6.07. The number of nitrogens with zero attached hydrogens (tertiary/aromatic N) is 5. The zero-order valence-electron chi connectivity index (χ0n) is 11.1. The van der Waals surface area contributed by atoms with Crippen LogP contribution in [0, 0.1) is 0 Å². The Bertz CT molecular complexity index is 428. The van der Waals surface area contributed by atoms with Gasteiger partial charge in [-0.05, 0) is 25.9 Å². The van der Waals surface area contributed by atoms with Gasteiger partial charge in [0.1, 0.15) is 5.82 Å². The average molecular weight is 264 g/mol.